The highest BCUT2D eigenvalue weighted by Crippen LogP contribution is 2.15. The van der Waals surface area contributed by atoms with E-state index >= 15 is 0 Å². The summed E-state index contributed by atoms with van der Waals surface area (Å²) in [6, 6.07) is 16.7. The van der Waals surface area contributed by atoms with Crippen LogP contribution in [0.4, 0.5) is 5.82 Å². The molecule has 0 fully saturated rings. The predicted octanol–water partition coefficient (Wildman–Crippen LogP) is 3.75. The molecule has 4 rings (SSSR count). The monoisotopic (exact) mass is 423 g/mol. The van der Waals surface area contributed by atoms with Gasteiger partial charge in [-0.15, -0.1) is 0 Å². The molecule has 0 saturated carbocycles. The number of anilines is 1. The summed E-state index contributed by atoms with van der Waals surface area (Å²) in [4.78, 5) is 25.6. The Morgan fingerprint density at radius 2 is 1.73 bits per heavy atom. The molecule has 0 atom stereocenters. The number of benzene rings is 2. The summed E-state index contributed by atoms with van der Waals surface area (Å²) in [6.07, 6.45) is 2.47. The van der Waals surface area contributed by atoms with Gasteiger partial charge in [0.15, 0.2) is 0 Å². The molecule has 0 saturated heterocycles. The number of nitrogens with zero attached hydrogens (tertiary/aromatic N) is 4. The van der Waals surface area contributed by atoms with Gasteiger partial charge in [0.2, 0.25) is 5.91 Å². The lowest BCUT2D eigenvalue weighted by atomic mass is 10.2. The Bertz CT molecular complexity index is 1240. The molecule has 30 heavy (non-hydrogen) atoms. The molecule has 0 unspecified atom stereocenters. The third-order valence-corrected chi connectivity index (χ3v) is 5.16. The number of aromatic nitrogens is 4. The Morgan fingerprint density at radius 1 is 1.03 bits per heavy atom. The fraction of sp³-hybridized carbons (Fsp3) is 0.227. The number of rotatable bonds is 7. The number of amides is 1. The summed E-state index contributed by atoms with van der Waals surface area (Å²) in [6.45, 7) is 3.06. The van der Waals surface area contributed by atoms with Crippen LogP contribution in [0.15, 0.2) is 65.6 Å². The van der Waals surface area contributed by atoms with E-state index in [2.05, 4.69) is 10.4 Å². The van der Waals surface area contributed by atoms with Crippen molar-refractivity contribution in [2.24, 2.45) is 0 Å². The van der Waals surface area contributed by atoms with Crippen LogP contribution in [0.1, 0.15) is 18.9 Å². The average molecular weight is 424 g/mol. The van der Waals surface area contributed by atoms with Crippen molar-refractivity contribution in [3.05, 3.63) is 81.9 Å². The molecule has 154 valence electrons. The smallest absolute Gasteiger partial charge is 0.309 e. The van der Waals surface area contributed by atoms with Crippen molar-refractivity contribution in [1.29, 1.82) is 0 Å². The van der Waals surface area contributed by atoms with Crippen LogP contribution in [0, 0.1) is 0 Å². The largest absolute Gasteiger partial charge is 0.329 e. The lowest BCUT2D eigenvalue weighted by molar-refractivity contribution is -0.116. The van der Waals surface area contributed by atoms with Crippen LogP contribution in [0.25, 0.3) is 11.0 Å². The van der Waals surface area contributed by atoms with Crippen molar-refractivity contribution in [1.82, 2.24) is 18.9 Å². The second kappa shape index (κ2) is 8.59. The Morgan fingerprint density at radius 3 is 2.43 bits per heavy atom. The molecule has 1 amide bonds. The van der Waals surface area contributed by atoms with E-state index in [9.17, 15) is 9.59 Å². The van der Waals surface area contributed by atoms with E-state index in [0.29, 0.717) is 23.9 Å². The summed E-state index contributed by atoms with van der Waals surface area (Å²) >= 11 is 5.94. The van der Waals surface area contributed by atoms with Gasteiger partial charge in [-0.2, -0.15) is 5.10 Å². The zero-order chi connectivity index (χ0) is 21.1. The minimum atomic E-state index is -0.283. The third-order valence-electron chi connectivity index (χ3n) is 4.90. The van der Waals surface area contributed by atoms with Gasteiger partial charge in [-0.05, 0) is 36.2 Å². The van der Waals surface area contributed by atoms with E-state index in [1.54, 1.807) is 21.5 Å². The van der Waals surface area contributed by atoms with E-state index in [0.717, 1.165) is 23.0 Å². The molecular formula is C22H22ClN5O2. The zero-order valence-electron chi connectivity index (χ0n) is 16.6. The Labute approximate surface area is 178 Å². The molecule has 1 N–H and O–H groups in total. The molecule has 0 radical (unpaired) electrons. The Kier molecular flexibility index (Phi) is 5.72. The second-order valence-electron chi connectivity index (χ2n) is 7.06. The number of aryl methyl sites for hydroxylation is 1. The van der Waals surface area contributed by atoms with Gasteiger partial charge >= 0.3 is 5.69 Å². The summed E-state index contributed by atoms with van der Waals surface area (Å²) in [5.74, 6) is 0.287. The number of imidazole rings is 1. The summed E-state index contributed by atoms with van der Waals surface area (Å²) in [5.41, 5.74) is 2.42. The second-order valence-corrected chi connectivity index (χ2v) is 7.49. The first-order chi connectivity index (χ1) is 14.6. The van der Waals surface area contributed by atoms with Crippen LogP contribution in [-0.2, 0) is 24.4 Å². The van der Waals surface area contributed by atoms with Gasteiger partial charge in [0.1, 0.15) is 12.4 Å². The lowest BCUT2D eigenvalue weighted by Crippen LogP contribution is -2.30. The number of carbonyl (C=O) groups is 1. The van der Waals surface area contributed by atoms with Gasteiger partial charge in [-0.25, -0.2) is 9.48 Å². The molecule has 7 nitrogen and oxygen atoms in total. The zero-order valence-corrected chi connectivity index (χ0v) is 17.3. The van der Waals surface area contributed by atoms with Gasteiger partial charge in [0.25, 0.3) is 0 Å². The maximum atomic E-state index is 12.9. The number of carbonyl (C=O) groups excluding carboxylic acids is 1. The molecule has 0 aliphatic rings. The predicted molar refractivity (Wildman–Crippen MR) is 118 cm³/mol. The number of fused-ring (bicyclic) bond motifs is 1. The van der Waals surface area contributed by atoms with Crippen LogP contribution in [0.2, 0.25) is 5.02 Å². The standard InChI is InChI=1S/C22H22ClN5O2/c1-2-13-26-18-5-3-4-6-19(18)27(22(26)30)15-21(29)25-20-11-12-24-28(20)14-16-7-9-17(23)10-8-16/h3-12H,2,13-15H2,1H3,(H,25,29). The highest BCUT2D eigenvalue weighted by Gasteiger charge is 2.16. The molecule has 8 heteroatoms. The van der Waals surface area contributed by atoms with Gasteiger partial charge in [0.05, 0.1) is 23.8 Å². The maximum absolute atomic E-state index is 12.9. The molecule has 0 spiro atoms. The van der Waals surface area contributed by atoms with Gasteiger partial charge in [-0.1, -0.05) is 42.8 Å². The minimum absolute atomic E-state index is 0.0673. The SMILES string of the molecule is CCCn1c(=O)n(CC(=O)Nc2ccnn2Cc2ccc(Cl)cc2)c2ccccc21. The fourth-order valence-corrected chi connectivity index (χ4v) is 3.64. The maximum Gasteiger partial charge on any atom is 0.329 e. The molecule has 2 aromatic carbocycles. The molecular weight excluding hydrogens is 402 g/mol. The number of hydrogen-bond acceptors (Lipinski definition) is 3. The normalized spacial score (nSPS) is 11.1. The molecule has 0 aliphatic heterocycles. The van der Waals surface area contributed by atoms with E-state index in [1.165, 1.54) is 4.57 Å². The fourth-order valence-electron chi connectivity index (χ4n) is 3.52. The van der Waals surface area contributed by atoms with Gasteiger partial charge in [-0.3, -0.25) is 13.9 Å². The molecule has 2 heterocycles. The van der Waals surface area contributed by atoms with Crippen molar-refractivity contribution >= 4 is 34.4 Å². The number of hydrogen-bond donors (Lipinski definition) is 1. The highest BCUT2D eigenvalue weighted by atomic mass is 35.5. The summed E-state index contributed by atoms with van der Waals surface area (Å²) < 4.78 is 4.93. The van der Waals surface area contributed by atoms with Crippen molar-refractivity contribution < 1.29 is 4.79 Å². The minimum Gasteiger partial charge on any atom is -0.309 e. The van der Waals surface area contributed by atoms with Gasteiger partial charge < -0.3 is 5.32 Å². The molecule has 4 aromatic rings. The van der Waals surface area contributed by atoms with Crippen molar-refractivity contribution in [3.8, 4) is 0 Å². The van der Waals surface area contributed by atoms with E-state index in [-0.39, 0.29) is 18.1 Å². The van der Waals surface area contributed by atoms with Crippen LogP contribution in [0.3, 0.4) is 0 Å². The summed E-state index contributed by atoms with van der Waals surface area (Å²) in [5, 5.41) is 7.82. The quantitative estimate of drug-likeness (QED) is 0.492. The van der Waals surface area contributed by atoms with Crippen LogP contribution in [-0.4, -0.2) is 24.8 Å². The molecule has 2 aromatic heterocycles. The number of nitrogens with one attached hydrogen (secondary N) is 1. The first-order valence-electron chi connectivity index (χ1n) is 9.81. The summed E-state index contributed by atoms with van der Waals surface area (Å²) in [7, 11) is 0. The average Bonchev–Trinajstić information content (AvgIpc) is 3.28. The molecule has 0 aliphatic carbocycles. The van der Waals surface area contributed by atoms with Crippen LogP contribution < -0.4 is 11.0 Å². The van der Waals surface area contributed by atoms with Crippen molar-refractivity contribution in [2.45, 2.75) is 33.0 Å². The lowest BCUT2D eigenvalue weighted by Gasteiger charge is -2.10. The van der Waals surface area contributed by atoms with E-state index < -0.39 is 0 Å². The van der Waals surface area contributed by atoms with E-state index in [1.807, 2.05) is 55.5 Å². The molecule has 0 bridgehead atoms. The third kappa shape index (κ3) is 4.02. The topological polar surface area (TPSA) is 73.8 Å². The van der Waals surface area contributed by atoms with Crippen LogP contribution >= 0.6 is 11.6 Å². The van der Waals surface area contributed by atoms with Gasteiger partial charge in [0, 0.05) is 17.6 Å². The van der Waals surface area contributed by atoms with Crippen molar-refractivity contribution in [2.75, 3.05) is 5.32 Å². The van der Waals surface area contributed by atoms with E-state index in [4.69, 9.17) is 11.6 Å². The first kappa shape index (κ1) is 20.0. The highest BCUT2D eigenvalue weighted by molar-refractivity contribution is 6.30. The number of para-hydroxylation sites is 2. The van der Waals surface area contributed by atoms with Crippen molar-refractivity contribution in [3.63, 3.8) is 0 Å². The number of halogens is 1. The Balaban J connectivity index is 1.54. The first-order valence-corrected chi connectivity index (χ1v) is 10.2. The Hall–Kier alpha value is -3.32. The van der Waals surface area contributed by atoms with Crippen LogP contribution in [0.5, 0.6) is 0 Å².